The number of hydrogen-bond acceptors (Lipinski definition) is 4. The van der Waals surface area contributed by atoms with E-state index in [9.17, 15) is 4.79 Å². The zero-order chi connectivity index (χ0) is 10.8. The van der Waals surface area contributed by atoms with E-state index in [1.54, 1.807) is 0 Å². The molecule has 0 saturated heterocycles. The topological polar surface area (TPSA) is 84.7 Å². The Labute approximate surface area is 86.0 Å². The maximum absolute atomic E-state index is 11.1. The normalized spacial score (nSPS) is 10.2. The Hall–Kier alpha value is -2.17. The molecule has 2 rings (SSSR count). The van der Waals surface area contributed by atoms with Crippen molar-refractivity contribution in [2.45, 2.75) is 6.92 Å². The van der Waals surface area contributed by atoms with Gasteiger partial charge in [0.05, 0.1) is 0 Å². The molecule has 15 heavy (non-hydrogen) atoms. The Morgan fingerprint density at radius 2 is 2.13 bits per heavy atom. The Morgan fingerprint density at radius 3 is 2.80 bits per heavy atom. The van der Waals surface area contributed by atoms with E-state index in [0.29, 0.717) is 5.82 Å². The molecule has 0 aliphatic heterocycles. The third-order valence-electron chi connectivity index (χ3n) is 1.96. The van der Waals surface area contributed by atoms with Crippen molar-refractivity contribution in [3.8, 4) is 11.4 Å². The van der Waals surface area contributed by atoms with Gasteiger partial charge in [0.25, 0.3) is 0 Å². The minimum atomic E-state index is -0.487. The molecule has 5 heteroatoms. The fraction of sp³-hybridized carbons (Fsp3) is 0.100. The van der Waals surface area contributed by atoms with Gasteiger partial charge in [-0.1, -0.05) is 23.8 Å². The third-order valence-corrected chi connectivity index (χ3v) is 1.96. The van der Waals surface area contributed by atoms with Gasteiger partial charge in [-0.15, -0.1) is 0 Å². The smallest absolute Gasteiger partial charge is 0.349 e. The van der Waals surface area contributed by atoms with E-state index in [4.69, 9.17) is 5.73 Å². The van der Waals surface area contributed by atoms with Crippen LogP contribution in [0.3, 0.4) is 0 Å². The fourth-order valence-electron chi connectivity index (χ4n) is 1.33. The standard InChI is InChI=1S/C10H10N4O/c1-6-3-2-4-7(5-6)8-12-9(11)14-10(15)13-8/h2-5H,1H3,(H3,11,12,13,14,15). The molecule has 2 aromatic rings. The molecular weight excluding hydrogens is 192 g/mol. The summed E-state index contributed by atoms with van der Waals surface area (Å²) in [5.74, 6) is 0.423. The Kier molecular flexibility index (Phi) is 2.21. The molecule has 3 N–H and O–H groups in total. The van der Waals surface area contributed by atoms with Gasteiger partial charge < -0.3 is 5.73 Å². The van der Waals surface area contributed by atoms with E-state index in [2.05, 4.69) is 15.0 Å². The Balaban J connectivity index is 2.59. The van der Waals surface area contributed by atoms with E-state index >= 15 is 0 Å². The monoisotopic (exact) mass is 202 g/mol. The second kappa shape index (κ2) is 3.53. The predicted molar refractivity (Wildman–Crippen MR) is 57.2 cm³/mol. The Bertz CT molecular complexity index is 547. The second-order valence-electron chi connectivity index (χ2n) is 3.23. The molecule has 0 spiro atoms. The van der Waals surface area contributed by atoms with Crippen LogP contribution in [0.15, 0.2) is 29.1 Å². The molecule has 0 aliphatic carbocycles. The SMILES string of the molecule is Cc1cccc(-c2nc(N)nc(=O)[nH]2)c1. The highest BCUT2D eigenvalue weighted by Crippen LogP contribution is 2.14. The van der Waals surface area contributed by atoms with Crippen LogP contribution in [0, 0.1) is 6.92 Å². The van der Waals surface area contributed by atoms with Crippen LogP contribution < -0.4 is 11.4 Å². The number of nitrogens with two attached hydrogens (primary N) is 1. The van der Waals surface area contributed by atoms with Gasteiger partial charge in [-0.05, 0) is 13.0 Å². The molecule has 1 aromatic carbocycles. The van der Waals surface area contributed by atoms with Gasteiger partial charge in [0.15, 0.2) is 0 Å². The van der Waals surface area contributed by atoms with Crippen molar-refractivity contribution in [1.82, 2.24) is 15.0 Å². The van der Waals surface area contributed by atoms with Gasteiger partial charge in [0.2, 0.25) is 5.95 Å². The average Bonchev–Trinajstić information content (AvgIpc) is 2.16. The first-order valence-electron chi connectivity index (χ1n) is 4.46. The molecule has 0 bridgehead atoms. The average molecular weight is 202 g/mol. The van der Waals surface area contributed by atoms with Crippen LogP contribution in [0.5, 0.6) is 0 Å². The number of nitrogen functional groups attached to an aromatic ring is 1. The number of anilines is 1. The number of aryl methyl sites for hydroxylation is 1. The summed E-state index contributed by atoms with van der Waals surface area (Å²) in [6.07, 6.45) is 0. The van der Waals surface area contributed by atoms with E-state index < -0.39 is 5.69 Å². The molecule has 5 nitrogen and oxygen atoms in total. The van der Waals surface area contributed by atoms with Crippen LogP contribution >= 0.6 is 0 Å². The van der Waals surface area contributed by atoms with Gasteiger partial charge in [-0.3, -0.25) is 4.98 Å². The first-order chi connectivity index (χ1) is 7.15. The lowest BCUT2D eigenvalue weighted by Gasteiger charge is -2.01. The van der Waals surface area contributed by atoms with Gasteiger partial charge >= 0.3 is 5.69 Å². The molecule has 0 aliphatic rings. The largest absolute Gasteiger partial charge is 0.368 e. The van der Waals surface area contributed by atoms with Crippen molar-refractivity contribution in [2.24, 2.45) is 0 Å². The first kappa shape index (κ1) is 9.39. The van der Waals surface area contributed by atoms with E-state index in [1.165, 1.54) is 0 Å². The van der Waals surface area contributed by atoms with Gasteiger partial charge in [0.1, 0.15) is 5.82 Å². The van der Waals surface area contributed by atoms with Crippen molar-refractivity contribution in [1.29, 1.82) is 0 Å². The summed E-state index contributed by atoms with van der Waals surface area (Å²) < 4.78 is 0. The van der Waals surface area contributed by atoms with Crippen LogP contribution in [0.1, 0.15) is 5.56 Å². The van der Waals surface area contributed by atoms with Crippen LogP contribution in [0.4, 0.5) is 5.95 Å². The summed E-state index contributed by atoms with van der Waals surface area (Å²) in [7, 11) is 0. The van der Waals surface area contributed by atoms with Crippen molar-refractivity contribution in [2.75, 3.05) is 5.73 Å². The molecule has 1 heterocycles. The first-order valence-corrected chi connectivity index (χ1v) is 4.46. The third kappa shape index (κ3) is 2.01. The number of aromatic nitrogens is 3. The van der Waals surface area contributed by atoms with Crippen LogP contribution in [0.25, 0.3) is 11.4 Å². The van der Waals surface area contributed by atoms with E-state index in [1.807, 2.05) is 31.2 Å². The van der Waals surface area contributed by atoms with Gasteiger partial charge in [0, 0.05) is 5.56 Å². The molecular formula is C10H10N4O. The molecule has 0 saturated carbocycles. The molecule has 0 atom stereocenters. The second-order valence-corrected chi connectivity index (χ2v) is 3.23. The molecule has 0 radical (unpaired) electrons. The quantitative estimate of drug-likeness (QED) is 0.713. The summed E-state index contributed by atoms with van der Waals surface area (Å²) in [6, 6.07) is 7.62. The number of rotatable bonds is 1. The lowest BCUT2D eigenvalue weighted by atomic mass is 10.1. The maximum Gasteiger partial charge on any atom is 0.349 e. The summed E-state index contributed by atoms with van der Waals surface area (Å²) in [6.45, 7) is 1.96. The number of nitrogens with zero attached hydrogens (tertiary/aromatic N) is 2. The van der Waals surface area contributed by atoms with Crippen LogP contribution in [-0.4, -0.2) is 15.0 Å². The lowest BCUT2D eigenvalue weighted by molar-refractivity contribution is 1.01. The van der Waals surface area contributed by atoms with Gasteiger partial charge in [-0.2, -0.15) is 9.97 Å². The minimum Gasteiger partial charge on any atom is -0.368 e. The number of benzene rings is 1. The minimum absolute atomic E-state index is 0.0183. The molecule has 0 amide bonds. The molecule has 0 fully saturated rings. The number of aromatic amines is 1. The van der Waals surface area contributed by atoms with Crippen molar-refractivity contribution in [3.63, 3.8) is 0 Å². The number of hydrogen-bond donors (Lipinski definition) is 2. The maximum atomic E-state index is 11.1. The lowest BCUT2D eigenvalue weighted by Crippen LogP contribution is -2.15. The summed E-state index contributed by atoms with van der Waals surface area (Å²) in [4.78, 5) is 21.0. The molecule has 1 aromatic heterocycles. The highest BCUT2D eigenvalue weighted by molar-refractivity contribution is 5.56. The van der Waals surface area contributed by atoms with Crippen LogP contribution in [-0.2, 0) is 0 Å². The van der Waals surface area contributed by atoms with Gasteiger partial charge in [-0.25, -0.2) is 4.79 Å². The van der Waals surface area contributed by atoms with E-state index in [-0.39, 0.29) is 5.95 Å². The molecule has 0 unspecified atom stereocenters. The fourth-order valence-corrected chi connectivity index (χ4v) is 1.33. The van der Waals surface area contributed by atoms with Crippen molar-refractivity contribution >= 4 is 5.95 Å². The number of H-pyrrole nitrogens is 1. The summed E-state index contributed by atoms with van der Waals surface area (Å²) in [5.41, 5.74) is 6.81. The van der Waals surface area contributed by atoms with Crippen molar-refractivity contribution < 1.29 is 0 Å². The number of nitrogens with one attached hydrogen (secondary N) is 1. The Morgan fingerprint density at radius 1 is 1.33 bits per heavy atom. The summed E-state index contributed by atoms with van der Waals surface area (Å²) in [5, 5.41) is 0. The molecule has 76 valence electrons. The van der Waals surface area contributed by atoms with E-state index in [0.717, 1.165) is 11.1 Å². The van der Waals surface area contributed by atoms with Crippen molar-refractivity contribution in [3.05, 3.63) is 40.3 Å². The zero-order valence-corrected chi connectivity index (χ0v) is 8.19. The van der Waals surface area contributed by atoms with Crippen LogP contribution in [0.2, 0.25) is 0 Å². The highest BCUT2D eigenvalue weighted by Gasteiger charge is 2.02. The predicted octanol–water partition coefficient (Wildman–Crippen LogP) is 0.723. The highest BCUT2D eigenvalue weighted by atomic mass is 16.1. The summed E-state index contributed by atoms with van der Waals surface area (Å²) >= 11 is 0. The zero-order valence-electron chi connectivity index (χ0n) is 8.19.